The zero-order chi connectivity index (χ0) is 17.6. The highest BCUT2D eigenvalue weighted by molar-refractivity contribution is 5.89. The van der Waals surface area contributed by atoms with E-state index in [1.165, 1.54) is 0 Å². The van der Waals surface area contributed by atoms with Crippen LogP contribution in [0.1, 0.15) is 37.5 Å². The maximum absolute atomic E-state index is 13.1. The molecule has 3 heterocycles. The van der Waals surface area contributed by atoms with E-state index in [0.29, 0.717) is 13.0 Å². The van der Waals surface area contributed by atoms with Crippen LogP contribution in [-0.2, 0) is 16.6 Å². The van der Waals surface area contributed by atoms with Gasteiger partial charge in [-0.1, -0.05) is 12.1 Å². The molecule has 0 unspecified atom stereocenters. The molecule has 0 saturated carbocycles. The first kappa shape index (κ1) is 16.1. The molecule has 0 N–H and O–H groups in total. The van der Waals surface area contributed by atoms with Crippen molar-refractivity contribution in [3.63, 3.8) is 0 Å². The molecule has 0 radical (unpaired) electrons. The molecule has 2 aromatic rings. The van der Waals surface area contributed by atoms with Gasteiger partial charge >= 0.3 is 0 Å². The summed E-state index contributed by atoms with van der Waals surface area (Å²) in [7, 11) is 3.80. The second kappa shape index (κ2) is 6.17. The molecule has 2 atom stereocenters. The van der Waals surface area contributed by atoms with Gasteiger partial charge in [-0.15, -0.1) is 0 Å². The summed E-state index contributed by atoms with van der Waals surface area (Å²) in [4.78, 5) is 33.4. The predicted molar refractivity (Wildman–Crippen MR) is 94.8 cm³/mol. The van der Waals surface area contributed by atoms with Gasteiger partial charge in [0.25, 0.3) is 0 Å². The van der Waals surface area contributed by atoms with Gasteiger partial charge in [-0.3, -0.25) is 9.59 Å². The van der Waals surface area contributed by atoms with E-state index in [1.54, 1.807) is 11.9 Å². The smallest absolute Gasteiger partial charge is 0.228 e. The van der Waals surface area contributed by atoms with E-state index in [1.807, 2.05) is 30.1 Å². The second-order valence-electron chi connectivity index (χ2n) is 7.24. The van der Waals surface area contributed by atoms with Crippen LogP contribution in [0.25, 0.3) is 11.0 Å². The Hall–Kier alpha value is -2.37. The first-order valence-corrected chi connectivity index (χ1v) is 9.02. The van der Waals surface area contributed by atoms with Gasteiger partial charge in [0.15, 0.2) is 0 Å². The highest BCUT2D eigenvalue weighted by Crippen LogP contribution is 2.34. The molecule has 4 rings (SSSR count). The molecule has 2 saturated heterocycles. The fourth-order valence-electron chi connectivity index (χ4n) is 4.19. The standard InChI is InChI=1S/C19H24N4O2/c1-21-12-13(11-17(21)24)19(25)23-10-6-5-9-16(23)18-20-14-7-3-4-8-15(14)22(18)2/h3-4,7-8,13,16H,5-6,9-12H2,1-2H3/t13-,16-/m1/s1. The molecule has 0 bridgehead atoms. The largest absolute Gasteiger partial charge is 0.345 e. The topological polar surface area (TPSA) is 58.4 Å². The molecule has 2 amide bonds. The minimum atomic E-state index is -0.215. The highest BCUT2D eigenvalue weighted by atomic mass is 16.2. The first-order chi connectivity index (χ1) is 12.1. The average molecular weight is 340 g/mol. The van der Waals surface area contributed by atoms with Crippen molar-refractivity contribution in [2.45, 2.75) is 31.7 Å². The SMILES string of the molecule is CN1C[C@H](C(=O)N2CCCC[C@@H]2c2nc3ccccc3n2C)CC1=O. The Morgan fingerprint density at radius 2 is 2.00 bits per heavy atom. The lowest BCUT2D eigenvalue weighted by molar-refractivity contribution is -0.139. The van der Waals surface area contributed by atoms with Crippen molar-refractivity contribution in [1.29, 1.82) is 0 Å². The van der Waals surface area contributed by atoms with E-state index in [-0.39, 0.29) is 23.8 Å². The van der Waals surface area contributed by atoms with E-state index in [9.17, 15) is 9.59 Å². The summed E-state index contributed by atoms with van der Waals surface area (Å²) < 4.78 is 2.11. The lowest BCUT2D eigenvalue weighted by Crippen LogP contribution is -2.43. The molecule has 1 aromatic heterocycles. The zero-order valence-electron chi connectivity index (χ0n) is 14.8. The van der Waals surface area contributed by atoms with Crippen LogP contribution in [0.3, 0.4) is 0 Å². The van der Waals surface area contributed by atoms with Gasteiger partial charge in [0.1, 0.15) is 5.82 Å². The van der Waals surface area contributed by atoms with Crippen molar-refractivity contribution < 1.29 is 9.59 Å². The Labute approximate surface area is 147 Å². The van der Waals surface area contributed by atoms with Crippen LogP contribution in [0.5, 0.6) is 0 Å². The minimum absolute atomic E-state index is 0.000317. The number of nitrogens with zero attached hydrogens (tertiary/aromatic N) is 4. The molecular formula is C19H24N4O2. The Bertz CT molecular complexity index is 828. The van der Waals surface area contributed by atoms with E-state index in [0.717, 1.165) is 42.7 Å². The van der Waals surface area contributed by atoms with Crippen LogP contribution in [0.15, 0.2) is 24.3 Å². The minimum Gasteiger partial charge on any atom is -0.345 e. The Balaban J connectivity index is 1.66. The summed E-state index contributed by atoms with van der Waals surface area (Å²) in [6, 6.07) is 8.07. The van der Waals surface area contributed by atoms with Crippen molar-refractivity contribution >= 4 is 22.8 Å². The molecule has 0 spiro atoms. The van der Waals surface area contributed by atoms with Crippen molar-refractivity contribution in [3.8, 4) is 0 Å². The fourth-order valence-corrected chi connectivity index (χ4v) is 4.19. The van der Waals surface area contributed by atoms with Crippen molar-refractivity contribution in [2.24, 2.45) is 13.0 Å². The third-order valence-corrected chi connectivity index (χ3v) is 5.60. The molecule has 2 aliphatic rings. The number of aromatic nitrogens is 2. The number of carbonyl (C=O) groups excluding carboxylic acids is 2. The number of aryl methyl sites for hydroxylation is 1. The van der Waals surface area contributed by atoms with E-state index in [2.05, 4.69) is 10.6 Å². The Morgan fingerprint density at radius 3 is 2.72 bits per heavy atom. The summed E-state index contributed by atoms with van der Waals surface area (Å²) in [5.41, 5.74) is 2.06. The molecule has 25 heavy (non-hydrogen) atoms. The lowest BCUT2D eigenvalue weighted by atomic mass is 9.98. The van der Waals surface area contributed by atoms with Gasteiger partial charge in [0.05, 0.1) is 23.0 Å². The third-order valence-electron chi connectivity index (χ3n) is 5.60. The fraction of sp³-hybridized carbons (Fsp3) is 0.526. The van der Waals surface area contributed by atoms with Crippen molar-refractivity contribution in [1.82, 2.24) is 19.4 Å². The summed E-state index contributed by atoms with van der Waals surface area (Å²) in [6.07, 6.45) is 3.38. The second-order valence-corrected chi connectivity index (χ2v) is 7.24. The summed E-state index contributed by atoms with van der Waals surface area (Å²) in [5, 5.41) is 0. The maximum Gasteiger partial charge on any atom is 0.228 e. The van der Waals surface area contributed by atoms with Crippen LogP contribution in [0, 0.1) is 5.92 Å². The lowest BCUT2D eigenvalue weighted by Gasteiger charge is -2.36. The first-order valence-electron chi connectivity index (χ1n) is 9.02. The van der Waals surface area contributed by atoms with Gasteiger partial charge in [-0.05, 0) is 31.4 Å². The molecule has 0 aliphatic carbocycles. The summed E-state index contributed by atoms with van der Waals surface area (Å²) in [6.45, 7) is 1.28. The van der Waals surface area contributed by atoms with E-state index in [4.69, 9.17) is 4.98 Å². The Morgan fingerprint density at radius 1 is 1.20 bits per heavy atom. The molecule has 6 heteroatoms. The highest BCUT2D eigenvalue weighted by Gasteiger charge is 2.39. The van der Waals surface area contributed by atoms with Gasteiger partial charge in [0.2, 0.25) is 11.8 Å². The number of para-hydroxylation sites is 2. The number of amides is 2. The van der Waals surface area contributed by atoms with Gasteiger partial charge in [-0.2, -0.15) is 0 Å². The number of piperidine rings is 1. The number of likely N-dealkylation sites (tertiary alicyclic amines) is 2. The van der Waals surface area contributed by atoms with E-state index < -0.39 is 0 Å². The number of carbonyl (C=O) groups is 2. The van der Waals surface area contributed by atoms with Crippen molar-refractivity contribution in [2.75, 3.05) is 20.1 Å². The third kappa shape index (κ3) is 2.69. The molecule has 6 nitrogen and oxygen atoms in total. The van der Waals surface area contributed by atoms with Crippen molar-refractivity contribution in [3.05, 3.63) is 30.1 Å². The van der Waals surface area contributed by atoms with Gasteiger partial charge < -0.3 is 14.4 Å². The predicted octanol–water partition coefficient (Wildman–Crippen LogP) is 2.11. The zero-order valence-corrected chi connectivity index (χ0v) is 14.8. The number of benzene rings is 1. The summed E-state index contributed by atoms with van der Waals surface area (Å²) >= 11 is 0. The van der Waals surface area contributed by atoms with Crippen LogP contribution in [0.4, 0.5) is 0 Å². The molecule has 132 valence electrons. The molecule has 2 aliphatic heterocycles. The molecule has 2 fully saturated rings. The Kier molecular flexibility index (Phi) is 3.98. The maximum atomic E-state index is 13.1. The quantitative estimate of drug-likeness (QED) is 0.841. The monoisotopic (exact) mass is 340 g/mol. The number of hydrogen-bond acceptors (Lipinski definition) is 3. The number of imidazole rings is 1. The van der Waals surface area contributed by atoms with E-state index >= 15 is 0 Å². The van der Waals surface area contributed by atoms with Crippen LogP contribution in [-0.4, -0.2) is 51.3 Å². The van der Waals surface area contributed by atoms with Crippen LogP contribution >= 0.6 is 0 Å². The van der Waals surface area contributed by atoms with Crippen LogP contribution in [0.2, 0.25) is 0 Å². The number of rotatable bonds is 2. The molecular weight excluding hydrogens is 316 g/mol. The van der Waals surface area contributed by atoms with Gasteiger partial charge in [-0.25, -0.2) is 4.98 Å². The number of fused-ring (bicyclic) bond motifs is 1. The van der Waals surface area contributed by atoms with Crippen LogP contribution < -0.4 is 0 Å². The van der Waals surface area contributed by atoms with Gasteiger partial charge in [0, 0.05) is 33.6 Å². The summed E-state index contributed by atoms with van der Waals surface area (Å²) in [5.74, 6) is 0.906. The normalized spacial score (nSPS) is 24.3. The molecule has 1 aromatic carbocycles. The number of hydrogen-bond donors (Lipinski definition) is 0. The average Bonchev–Trinajstić information content (AvgIpc) is 3.14.